The van der Waals surface area contributed by atoms with Crippen LogP contribution in [0.15, 0.2) is 60.9 Å². The van der Waals surface area contributed by atoms with E-state index in [9.17, 15) is 32.8 Å². The molecule has 1 spiro atoms. The zero-order chi connectivity index (χ0) is 29.8. The molecule has 42 heavy (non-hydrogen) atoms. The van der Waals surface area contributed by atoms with Gasteiger partial charge in [0.15, 0.2) is 0 Å². The van der Waals surface area contributed by atoms with Crippen LogP contribution in [0.1, 0.15) is 47.2 Å². The van der Waals surface area contributed by atoms with Gasteiger partial charge in [0.1, 0.15) is 12.1 Å². The third-order valence-corrected chi connectivity index (χ3v) is 8.53. The number of hydrogen-bond acceptors (Lipinski definition) is 5. The van der Waals surface area contributed by atoms with Gasteiger partial charge in [-0.05, 0) is 48.2 Å². The molecule has 1 saturated heterocycles. The van der Waals surface area contributed by atoms with Crippen LogP contribution in [0.4, 0.5) is 18.9 Å². The van der Waals surface area contributed by atoms with Crippen LogP contribution in [0, 0.1) is 17.2 Å². The van der Waals surface area contributed by atoms with Crippen LogP contribution < -0.4 is 5.32 Å². The first kappa shape index (κ1) is 27.5. The number of benzene rings is 2. The van der Waals surface area contributed by atoms with Crippen LogP contribution in [-0.2, 0) is 21.2 Å². The van der Waals surface area contributed by atoms with E-state index in [4.69, 9.17) is 0 Å². The van der Waals surface area contributed by atoms with Crippen molar-refractivity contribution in [3.63, 3.8) is 0 Å². The maximum absolute atomic E-state index is 14.1. The van der Waals surface area contributed by atoms with Crippen molar-refractivity contribution >= 4 is 23.4 Å². The van der Waals surface area contributed by atoms with Gasteiger partial charge in [0, 0.05) is 31.9 Å². The highest BCUT2D eigenvalue weighted by molar-refractivity contribution is 6.07. The smallest absolute Gasteiger partial charge is 0.330 e. The van der Waals surface area contributed by atoms with Gasteiger partial charge < -0.3 is 15.1 Å². The maximum Gasteiger partial charge on any atom is 0.416 e. The van der Waals surface area contributed by atoms with Crippen molar-refractivity contribution in [2.45, 2.75) is 49.4 Å². The number of alkyl halides is 3. The van der Waals surface area contributed by atoms with Gasteiger partial charge in [-0.15, -0.1) is 0 Å². The quantitative estimate of drug-likeness (QED) is 0.474. The molecule has 9 nitrogen and oxygen atoms in total. The van der Waals surface area contributed by atoms with Crippen LogP contribution in [0.5, 0.6) is 0 Å². The Morgan fingerprint density at radius 1 is 1.19 bits per heavy atom. The Bertz CT molecular complexity index is 1610. The predicted molar refractivity (Wildman–Crippen MR) is 144 cm³/mol. The minimum Gasteiger partial charge on any atom is -0.330 e. The summed E-state index contributed by atoms with van der Waals surface area (Å²) in [7, 11) is 1.52. The number of nitrogens with one attached hydrogen (secondary N) is 1. The molecule has 1 aliphatic carbocycles. The average molecular weight is 577 g/mol. The Morgan fingerprint density at radius 3 is 2.57 bits per heavy atom. The number of fused-ring (bicyclic) bond motifs is 2. The number of nitriles is 1. The molecule has 2 fully saturated rings. The highest BCUT2D eigenvalue weighted by atomic mass is 19.4. The molecule has 3 heterocycles. The van der Waals surface area contributed by atoms with Gasteiger partial charge in [-0.25, -0.2) is 4.68 Å². The number of likely N-dealkylation sites (N-methyl/N-ethyl adjacent to an activating group) is 1. The zero-order valence-corrected chi connectivity index (χ0v) is 22.6. The van der Waals surface area contributed by atoms with Gasteiger partial charge in [0.05, 0.1) is 34.5 Å². The van der Waals surface area contributed by atoms with Gasteiger partial charge in [-0.2, -0.15) is 23.5 Å². The van der Waals surface area contributed by atoms with Crippen molar-refractivity contribution in [2.24, 2.45) is 5.92 Å². The molecule has 3 aromatic rings. The summed E-state index contributed by atoms with van der Waals surface area (Å²) in [4.78, 5) is 43.6. The zero-order valence-electron chi connectivity index (χ0n) is 22.6. The third kappa shape index (κ3) is 4.68. The SMILES string of the molecule is CN(C(=O)c1cnn(-c2ccc(C(F)(F)F)cc2)c1)[C@@H](CC1CC1)C(=O)N1C[C@]2(C[C@H]1C#N)C(=O)Nc1ccccc12. The number of para-hydroxylation sites is 1. The topological polar surface area (TPSA) is 111 Å². The molecular formula is C30H27F3N6O3. The van der Waals surface area contributed by atoms with E-state index < -0.39 is 41.1 Å². The van der Waals surface area contributed by atoms with Gasteiger partial charge in [-0.3, -0.25) is 14.4 Å². The summed E-state index contributed by atoms with van der Waals surface area (Å²) in [5, 5.41) is 17.0. The summed E-state index contributed by atoms with van der Waals surface area (Å²) < 4.78 is 40.1. The number of nitrogens with zero attached hydrogens (tertiary/aromatic N) is 5. The number of likely N-dealkylation sites (tertiary alicyclic amines) is 1. The number of halogens is 3. The summed E-state index contributed by atoms with van der Waals surface area (Å²) >= 11 is 0. The molecule has 2 aliphatic heterocycles. The predicted octanol–water partition coefficient (Wildman–Crippen LogP) is 4.15. The van der Waals surface area contributed by atoms with Gasteiger partial charge in [0.25, 0.3) is 5.91 Å². The van der Waals surface area contributed by atoms with E-state index in [2.05, 4.69) is 16.5 Å². The van der Waals surface area contributed by atoms with E-state index in [1.54, 1.807) is 6.07 Å². The lowest BCUT2D eigenvalue weighted by Gasteiger charge is -2.32. The van der Waals surface area contributed by atoms with Crippen LogP contribution in [0.2, 0.25) is 0 Å². The van der Waals surface area contributed by atoms with Gasteiger partial charge >= 0.3 is 6.18 Å². The number of carbonyl (C=O) groups excluding carboxylic acids is 3. The van der Waals surface area contributed by atoms with Crippen molar-refractivity contribution < 1.29 is 27.6 Å². The Hall–Kier alpha value is -4.66. The van der Waals surface area contributed by atoms with Crippen LogP contribution in [-0.4, -0.2) is 63.0 Å². The molecular weight excluding hydrogens is 549 g/mol. The normalized spacial score (nSPS) is 22.0. The Labute approximate surface area is 239 Å². The number of amides is 3. The minimum atomic E-state index is -4.47. The van der Waals surface area contributed by atoms with E-state index in [-0.39, 0.29) is 30.4 Å². The molecule has 0 radical (unpaired) electrons. The van der Waals surface area contributed by atoms with E-state index in [1.165, 1.54) is 46.1 Å². The molecule has 12 heteroatoms. The second-order valence-electron chi connectivity index (χ2n) is 11.2. The monoisotopic (exact) mass is 576 g/mol. The number of anilines is 1. The summed E-state index contributed by atoms with van der Waals surface area (Å²) in [5.74, 6) is -0.873. The molecule has 0 unspecified atom stereocenters. The number of rotatable bonds is 6. The molecule has 6 rings (SSSR count). The lowest BCUT2D eigenvalue weighted by molar-refractivity contribution is -0.138. The second-order valence-corrected chi connectivity index (χ2v) is 11.2. The first-order chi connectivity index (χ1) is 20.0. The molecule has 1 aromatic heterocycles. The van der Waals surface area contributed by atoms with E-state index >= 15 is 0 Å². The van der Waals surface area contributed by atoms with Gasteiger partial charge in [-0.1, -0.05) is 31.0 Å². The molecule has 2 aromatic carbocycles. The fourth-order valence-electron chi connectivity index (χ4n) is 5.99. The highest BCUT2D eigenvalue weighted by Gasteiger charge is 2.57. The molecule has 3 aliphatic rings. The average Bonchev–Trinajstić information content (AvgIpc) is 3.40. The van der Waals surface area contributed by atoms with E-state index in [0.717, 1.165) is 30.5 Å². The first-order valence-electron chi connectivity index (χ1n) is 13.6. The Balaban J connectivity index is 1.24. The van der Waals surface area contributed by atoms with E-state index in [1.807, 2.05) is 18.2 Å². The Kier molecular flexibility index (Phi) is 6.55. The maximum atomic E-state index is 14.1. The summed E-state index contributed by atoms with van der Waals surface area (Å²) in [6.45, 7) is 0.0297. The van der Waals surface area contributed by atoms with Crippen molar-refractivity contribution in [3.05, 3.63) is 77.6 Å². The summed E-state index contributed by atoms with van der Waals surface area (Å²) in [6.07, 6.45) is 0.670. The lowest BCUT2D eigenvalue weighted by Crippen LogP contribution is -2.51. The number of hydrogen-bond donors (Lipinski definition) is 1. The van der Waals surface area contributed by atoms with Crippen molar-refractivity contribution in [1.29, 1.82) is 5.26 Å². The van der Waals surface area contributed by atoms with Crippen molar-refractivity contribution in [3.8, 4) is 11.8 Å². The third-order valence-electron chi connectivity index (χ3n) is 8.53. The van der Waals surface area contributed by atoms with Crippen LogP contribution in [0.3, 0.4) is 0 Å². The fraction of sp³-hybridized carbons (Fsp3) is 0.367. The molecule has 1 saturated carbocycles. The van der Waals surface area contributed by atoms with Gasteiger partial charge in [0.2, 0.25) is 11.8 Å². The molecule has 1 N–H and O–H groups in total. The number of carbonyl (C=O) groups is 3. The highest BCUT2D eigenvalue weighted by Crippen LogP contribution is 2.47. The second kappa shape index (κ2) is 10.0. The number of aromatic nitrogens is 2. The largest absolute Gasteiger partial charge is 0.416 e. The summed E-state index contributed by atoms with van der Waals surface area (Å²) in [5.41, 5.74) is 0.0791. The first-order valence-corrected chi connectivity index (χ1v) is 13.6. The molecule has 3 amide bonds. The molecule has 3 atom stereocenters. The minimum absolute atomic E-state index is 0.0297. The van der Waals surface area contributed by atoms with Crippen LogP contribution in [0.25, 0.3) is 5.69 Å². The molecule has 216 valence electrons. The van der Waals surface area contributed by atoms with Crippen LogP contribution >= 0.6 is 0 Å². The van der Waals surface area contributed by atoms with E-state index in [0.29, 0.717) is 17.8 Å². The standard InChI is InChI=1S/C30H27F3N6O3/c1-37(26(40)19-15-35-39(16-19)21-10-8-20(9-11-21)30(31,32)33)25(12-18-6-7-18)27(41)38-17-29(13-22(38)14-34)23-4-2-3-5-24(23)36-28(29)42/h2-5,8-11,15-16,18,22,25H,6-7,12-13,17H2,1H3,(H,36,42)/t22-,25-,29-/m0/s1. The fourth-order valence-corrected chi connectivity index (χ4v) is 5.99. The lowest BCUT2D eigenvalue weighted by atomic mass is 9.80. The Morgan fingerprint density at radius 2 is 1.90 bits per heavy atom. The van der Waals surface area contributed by atoms with Crippen molar-refractivity contribution in [2.75, 3.05) is 18.9 Å². The summed E-state index contributed by atoms with van der Waals surface area (Å²) in [6, 6.07) is 12.1. The molecule has 0 bridgehead atoms. The van der Waals surface area contributed by atoms with Crippen molar-refractivity contribution in [1.82, 2.24) is 19.6 Å².